The van der Waals surface area contributed by atoms with Gasteiger partial charge in [0.25, 0.3) is 11.8 Å². The number of H-pyrrole nitrogens is 1. The van der Waals surface area contributed by atoms with Crippen molar-refractivity contribution in [3.8, 4) is 11.8 Å². The van der Waals surface area contributed by atoms with Gasteiger partial charge >= 0.3 is 5.69 Å². The minimum atomic E-state index is -2.72. The van der Waals surface area contributed by atoms with Gasteiger partial charge in [0.05, 0.1) is 6.07 Å². The first-order chi connectivity index (χ1) is 13.8. The number of carbonyl (C=O) groups is 1. The molecule has 29 heavy (non-hydrogen) atoms. The third-order valence-electron chi connectivity index (χ3n) is 6.84. The lowest BCUT2D eigenvalue weighted by atomic mass is 9.53. The van der Waals surface area contributed by atoms with Gasteiger partial charge in [-0.15, -0.1) is 0 Å². The Morgan fingerprint density at radius 3 is 2.34 bits per heavy atom. The number of hydrogen-bond acceptors (Lipinski definition) is 5. The average molecular weight is 409 g/mol. The topological polar surface area (TPSA) is 93.3 Å². The molecule has 1 aromatic heterocycles. The second-order valence-electron chi connectivity index (χ2n) is 9.43. The van der Waals surface area contributed by atoms with E-state index in [0.29, 0.717) is 0 Å². The molecule has 0 radical (unpaired) electrons. The number of aromatic nitrogens is 2. The molecule has 6 rings (SSSR count). The quantitative estimate of drug-likeness (QED) is 0.753. The molecule has 1 heterocycles. The number of hydrogen-bond donors (Lipinski definition) is 2. The molecular weight excluding hydrogens is 384 g/mol. The maximum absolute atomic E-state index is 12.9. The van der Waals surface area contributed by atoms with E-state index < -0.39 is 17.7 Å². The maximum atomic E-state index is 12.9. The van der Waals surface area contributed by atoms with Crippen molar-refractivity contribution in [3.05, 3.63) is 16.6 Å². The first-order valence-corrected chi connectivity index (χ1v) is 10.4. The van der Waals surface area contributed by atoms with Crippen LogP contribution < -0.4 is 20.5 Å². The van der Waals surface area contributed by atoms with Crippen LogP contribution >= 0.6 is 0 Å². The Labute approximate surface area is 166 Å². The third kappa shape index (κ3) is 3.96. The summed E-state index contributed by atoms with van der Waals surface area (Å²) in [5.74, 6) is -0.832. The summed E-state index contributed by atoms with van der Waals surface area (Å²) in [7, 11) is 0. The van der Waals surface area contributed by atoms with Crippen molar-refractivity contribution in [1.29, 1.82) is 0 Å². The van der Waals surface area contributed by atoms with Crippen LogP contribution in [-0.2, 0) is 4.79 Å². The van der Waals surface area contributed by atoms with Gasteiger partial charge in [0, 0.05) is 18.4 Å². The number of rotatable bonds is 6. The van der Waals surface area contributed by atoms with Gasteiger partial charge in [0.2, 0.25) is 11.8 Å². The molecule has 4 bridgehead atoms. The molecule has 0 saturated heterocycles. The van der Waals surface area contributed by atoms with Crippen molar-refractivity contribution in [1.82, 2.24) is 15.3 Å². The predicted octanol–water partition coefficient (Wildman–Crippen LogP) is 2.41. The molecule has 0 unspecified atom stereocenters. The maximum Gasteiger partial charge on any atom is 0.351 e. The van der Waals surface area contributed by atoms with Crippen LogP contribution in [0.4, 0.5) is 8.78 Å². The zero-order valence-electron chi connectivity index (χ0n) is 16.1. The fourth-order valence-electron chi connectivity index (χ4n) is 6.16. The van der Waals surface area contributed by atoms with Crippen molar-refractivity contribution < 1.29 is 23.0 Å². The van der Waals surface area contributed by atoms with Crippen molar-refractivity contribution in [2.75, 3.05) is 6.61 Å². The second-order valence-corrected chi connectivity index (χ2v) is 9.43. The number of nitrogens with zero attached hydrogens (tertiary/aromatic N) is 1. The molecule has 1 aromatic rings. The van der Waals surface area contributed by atoms with E-state index in [1.807, 2.05) is 0 Å². The number of aromatic amines is 1. The SMILES string of the molecule is O=C(COc1cc(OC2CC(F)(F)C2)[nH]c(=O)n1)NC12CC3CC(CC(C3)C1)C2. The van der Waals surface area contributed by atoms with Crippen molar-refractivity contribution in [2.45, 2.75) is 68.9 Å². The molecule has 0 aromatic carbocycles. The number of ether oxygens (including phenoxy) is 2. The molecule has 5 fully saturated rings. The normalized spacial score (nSPS) is 34.5. The Morgan fingerprint density at radius 1 is 1.14 bits per heavy atom. The van der Waals surface area contributed by atoms with E-state index >= 15 is 0 Å². The Morgan fingerprint density at radius 2 is 1.76 bits per heavy atom. The Hall–Kier alpha value is -2.19. The van der Waals surface area contributed by atoms with Crippen molar-refractivity contribution >= 4 is 5.91 Å². The van der Waals surface area contributed by atoms with Gasteiger partial charge in [-0.2, -0.15) is 4.98 Å². The lowest BCUT2D eigenvalue weighted by Crippen LogP contribution is -2.60. The summed E-state index contributed by atoms with van der Waals surface area (Å²) in [4.78, 5) is 30.2. The van der Waals surface area contributed by atoms with E-state index in [1.54, 1.807) is 0 Å². The molecule has 0 spiro atoms. The van der Waals surface area contributed by atoms with Gasteiger partial charge in [-0.1, -0.05) is 0 Å². The molecule has 1 amide bonds. The summed E-state index contributed by atoms with van der Waals surface area (Å²) in [5.41, 5.74) is -0.828. The van der Waals surface area contributed by atoms with Crippen LogP contribution in [0.15, 0.2) is 10.9 Å². The number of nitrogens with one attached hydrogen (secondary N) is 2. The first kappa shape index (κ1) is 18.8. The minimum Gasteiger partial charge on any atom is -0.475 e. The summed E-state index contributed by atoms with van der Waals surface area (Å²) in [6, 6.07) is 1.32. The highest BCUT2D eigenvalue weighted by atomic mass is 19.3. The van der Waals surface area contributed by atoms with Crippen LogP contribution in [0.3, 0.4) is 0 Å². The second kappa shape index (κ2) is 6.67. The van der Waals surface area contributed by atoms with Crippen molar-refractivity contribution in [3.63, 3.8) is 0 Å². The third-order valence-corrected chi connectivity index (χ3v) is 6.84. The monoisotopic (exact) mass is 409 g/mol. The van der Waals surface area contributed by atoms with Gasteiger partial charge in [-0.25, -0.2) is 13.6 Å². The van der Waals surface area contributed by atoms with Gasteiger partial charge in [0.1, 0.15) is 6.10 Å². The number of halogens is 2. The summed E-state index contributed by atoms with van der Waals surface area (Å²) in [5, 5.41) is 3.19. The number of alkyl halides is 2. The van der Waals surface area contributed by atoms with E-state index in [1.165, 1.54) is 25.3 Å². The van der Waals surface area contributed by atoms with Gasteiger partial charge in [-0.3, -0.25) is 9.78 Å². The lowest BCUT2D eigenvalue weighted by molar-refractivity contribution is -0.135. The van der Waals surface area contributed by atoms with Crippen molar-refractivity contribution in [2.24, 2.45) is 17.8 Å². The zero-order valence-corrected chi connectivity index (χ0v) is 16.1. The standard InChI is InChI=1S/C20H25F2N3O4/c21-20(22)8-14(9-20)29-17-4-16(23-18(27)24-17)28-10-15(26)25-19-5-11-1-12(6-19)3-13(2-11)7-19/h4,11-14H,1-3,5-10H2,(H,25,26)(H,23,24,27). The average Bonchev–Trinajstić information content (AvgIpc) is 2.56. The fourth-order valence-corrected chi connectivity index (χ4v) is 6.16. The smallest absolute Gasteiger partial charge is 0.351 e. The van der Waals surface area contributed by atoms with E-state index in [0.717, 1.165) is 37.0 Å². The van der Waals surface area contributed by atoms with Gasteiger partial charge in [0.15, 0.2) is 6.61 Å². The fraction of sp³-hybridized carbons (Fsp3) is 0.750. The summed E-state index contributed by atoms with van der Waals surface area (Å²) in [6.07, 6.45) is 5.56. The summed E-state index contributed by atoms with van der Waals surface area (Å²) in [6.45, 7) is -0.251. The molecule has 9 heteroatoms. The first-order valence-electron chi connectivity index (χ1n) is 10.4. The molecule has 158 valence electrons. The van der Waals surface area contributed by atoms with Gasteiger partial charge < -0.3 is 14.8 Å². The summed E-state index contributed by atoms with van der Waals surface area (Å²) >= 11 is 0. The summed E-state index contributed by atoms with van der Waals surface area (Å²) < 4.78 is 36.6. The Bertz CT molecular complexity index is 828. The van der Waals surface area contributed by atoms with Crippen LogP contribution in [0.2, 0.25) is 0 Å². The molecular formula is C20H25F2N3O4. The number of amides is 1. The predicted molar refractivity (Wildman–Crippen MR) is 98.0 cm³/mol. The highest BCUT2D eigenvalue weighted by molar-refractivity contribution is 5.78. The van der Waals surface area contributed by atoms with Crippen LogP contribution in [0.25, 0.3) is 0 Å². The van der Waals surface area contributed by atoms with E-state index in [4.69, 9.17) is 9.47 Å². The van der Waals surface area contributed by atoms with E-state index in [-0.39, 0.29) is 42.7 Å². The zero-order chi connectivity index (χ0) is 20.2. The lowest BCUT2D eigenvalue weighted by Gasteiger charge is -2.56. The Kier molecular flexibility index (Phi) is 4.33. The molecule has 0 aliphatic heterocycles. The molecule has 0 atom stereocenters. The molecule has 5 aliphatic rings. The van der Waals surface area contributed by atoms with E-state index in [9.17, 15) is 18.4 Å². The minimum absolute atomic E-state index is 0.0157. The van der Waals surface area contributed by atoms with Crippen LogP contribution in [0.5, 0.6) is 11.8 Å². The number of carbonyl (C=O) groups excluding carboxylic acids is 1. The van der Waals surface area contributed by atoms with Crippen LogP contribution in [0, 0.1) is 17.8 Å². The highest BCUT2D eigenvalue weighted by Crippen LogP contribution is 2.55. The van der Waals surface area contributed by atoms with Crippen LogP contribution in [-0.4, -0.2) is 40.0 Å². The molecule has 7 nitrogen and oxygen atoms in total. The van der Waals surface area contributed by atoms with Gasteiger partial charge in [-0.05, 0) is 56.3 Å². The highest BCUT2D eigenvalue weighted by Gasteiger charge is 2.51. The van der Waals surface area contributed by atoms with E-state index in [2.05, 4.69) is 15.3 Å². The molecule has 2 N–H and O–H groups in total. The van der Waals surface area contributed by atoms with Crippen LogP contribution in [0.1, 0.15) is 51.4 Å². The molecule has 5 saturated carbocycles. The largest absolute Gasteiger partial charge is 0.475 e. The Balaban J connectivity index is 1.17. The molecule has 5 aliphatic carbocycles.